The lowest BCUT2D eigenvalue weighted by atomic mass is 10.2. The quantitative estimate of drug-likeness (QED) is 0.633. The van der Waals surface area contributed by atoms with Crippen LogP contribution in [0.5, 0.6) is 0 Å². The lowest BCUT2D eigenvalue weighted by Gasteiger charge is -2.13. The third-order valence-corrected chi connectivity index (χ3v) is 6.89. The Morgan fingerprint density at radius 1 is 1.20 bits per heavy atom. The Hall–Kier alpha value is -2.62. The van der Waals surface area contributed by atoms with Crippen LogP contribution >= 0.6 is 23.4 Å². The highest BCUT2D eigenvalue weighted by Gasteiger charge is 2.39. The van der Waals surface area contributed by atoms with Gasteiger partial charge >= 0.3 is 0 Å². The zero-order chi connectivity index (χ0) is 21.7. The van der Waals surface area contributed by atoms with Crippen LogP contribution in [0.4, 0.5) is 5.69 Å². The number of nitrogens with one attached hydrogen (secondary N) is 1. The molecule has 30 heavy (non-hydrogen) atoms. The molecular weight excluding hydrogens is 446 g/mol. The Labute approximate surface area is 183 Å². The maximum atomic E-state index is 12.7. The summed E-state index contributed by atoms with van der Waals surface area (Å²) in [5.74, 6) is -0.776. The van der Waals surface area contributed by atoms with Crippen LogP contribution in [-0.4, -0.2) is 42.1 Å². The number of amides is 2. The number of anilines is 1. The van der Waals surface area contributed by atoms with E-state index in [4.69, 9.17) is 11.6 Å². The molecule has 0 aromatic heterocycles. The van der Waals surface area contributed by atoms with E-state index in [2.05, 4.69) is 16.3 Å². The number of hydrogen-bond acceptors (Lipinski definition) is 5. The third-order valence-electron chi connectivity index (χ3n) is 4.07. The Morgan fingerprint density at radius 3 is 2.50 bits per heavy atom. The predicted molar refractivity (Wildman–Crippen MR) is 119 cm³/mol. The fourth-order valence-corrected chi connectivity index (χ4v) is 5.18. The van der Waals surface area contributed by atoms with Crippen LogP contribution in [0.15, 0.2) is 76.5 Å². The van der Waals surface area contributed by atoms with Crippen molar-refractivity contribution < 1.29 is 18.0 Å². The number of hydrogen-bond donors (Lipinski definition) is 1. The Bertz CT molecular complexity index is 1090. The molecule has 7 nitrogen and oxygen atoms in total. The number of carbonyl (C=O) groups is 2. The number of rotatable bonds is 7. The van der Waals surface area contributed by atoms with Crippen LogP contribution < -0.4 is 5.32 Å². The summed E-state index contributed by atoms with van der Waals surface area (Å²) in [6.45, 7) is 3.69. The molecule has 0 radical (unpaired) electrons. The first-order valence-electron chi connectivity index (χ1n) is 8.84. The van der Waals surface area contributed by atoms with E-state index in [9.17, 15) is 18.0 Å². The predicted octanol–water partition coefficient (Wildman–Crippen LogP) is 3.54. The average molecular weight is 464 g/mol. The van der Waals surface area contributed by atoms with E-state index in [1.54, 1.807) is 42.5 Å². The summed E-state index contributed by atoms with van der Waals surface area (Å²) in [5.41, 5.74) is 0.545. The van der Waals surface area contributed by atoms with Crippen LogP contribution in [0.2, 0.25) is 5.02 Å². The highest BCUT2D eigenvalue weighted by Crippen LogP contribution is 2.31. The molecule has 0 bridgehead atoms. The topological polar surface area (TPSA) is 95.9 Å². The van der Waals surface area contributed by atoms with Crippen molar-refractivity contribution >= 4 is 56.1 Å². The maximum absolute atomic E-state index is 12.7. The van der Waals surface area contributed by atoms with Crippen LogP contribution in [-0.2, 0) is 19.6 Å². The molecule has 1 unspecified atom stereocenters. The third kappa shape index (κ3) is 5.29. The van der Waals surface area contributed by atoms with Gasteiger partial charge in [0.25, 0.3) is 10.0 Å². The molecule has 2 aromatic carbocycles. The minimum Gasteiger partial charge on any atom is -0.326 e. The number of carbonyl (C=O) groups excluding carboxylic acids is 2. The first-order valence-corrected chi connectivity index (χ1v) is 11.5. The van der Waals surface area contributed by atoms with Crippen molar-refractivity contribution in [3.05, 3.63) is 72.3 Å². The normalized spacial score (nSPS) is 17.9. The van der Waals surface area contributed by atoms with E-state index in [1.165, 1.54) is 23.1 Å². The monoisotopic (exact) mass is 463 g/mol. The van der Waals surface area contributed by atoms with Gasteiger partial charge in [-0.25, -0.2) is 0 Å². The molecule has 2 amide bonds. The number of halogens is 1. The number of sulfonamides is 1. The van der Waals surface area contributed by atoms with Gasteiger partial charge in [0, 0.05) is 23.7 Å². The molecule has 3 rings (SSSR count). The SMILES string of the molecule is C=CCN1C(=O)C(CC(=O)Nc2ccc(Cl)cc2)SC1=NS(=O)(=O)c1ccccc1. The molecule has 1 saturated heterocycles. The van der Waals surface area contributed by atoms with Gasteiger partial charge in [-0.3, -0.25) is 14.5 Å². The van der Waals surface area contributed by atoms with Gasteiger partial charge in [0.2, 0.25) is 11.8 Å². The largest absolute Gasteiger partial charge is 0.326 e. The molecule has 1 atom stereocenters. The second-order valence-electron chi connectivity index (χ2n) is 6.27. The minimum atomic E-state index is -4.00. The number of nitrogens with zero attached hydrogens (tertiary/aromatic N) is 2. The van der Waals surface area contributed by atoms with Crippen molar-refractivity contribution in [2.45, 2.75) is 16.6 Å². The van der Waals surface area contributed by atoms with E-state index in [0.717, 1.165) is 11.8 Å². The summed E-state index contributed by atoms with van der Waals surface area (Å²) in [5, 5.41) is 2.46. The van der Waals surface area contributed by atoms with Gasteiger partial charge in [-0.15, -0.1) is 11.0 Å². The molecule has 1 heterocycles. The average Bonchev–Trinajstić information content (AvgIpc) is 2.99. The van der Waals surface area contributed by atoms with Crippen molar-refractivity contribution in [2.75, 3.05) is 11.9 Å². The number of thioether (sulfide) groups is 1. The second kappa shape index (κ2) is 9.46. The molecule has 1 N–H and O–H groups in total. The summed E-state index contributed by atoms with van der Waals surface area (Å²) >= 11 is 6.77. The molecule has 156 valence electrons. The van der Waals surface area contributed by atoms with E-state index >= 15 is 0 Å². The van der Waals surface area contributed by atoms with E-state index in [-0.39, 0.29) is 28.9 Å². The van der Waals surface area contributed by atoms with Crippen LogP contribution in [0.3, 0.4) is 0 Å². The number of benzene rings is 2. The highest BCUT2D eigenvalue weighted by molar-refractivity contribution is 8.16. The van der Waals surface area contributed by atoms with Crippen molar-refractivity contribution in [1.82, 2.24) is 4.90 Å². The lowest BCUT2D eigenvalue weighted by molar-refractivity contribution is -0.127. The Morgan fingerprint density at radius 2 is 1.87 bits per heavy atom. The molecule has 0 aliphatic carbocycles. The molecule has 1 aliphatic rings. The minimum absolute atomic E-state index is 0.0213. The van der Waals surface area contributed by atoms with Gasteiger partial charge in [-0.05, 0) is 36.4 Å². The van der Waals surface area contributed by atoms with Gasteiger partial charge in [0.15, 0.2) is 5.17 Å². The van der Waals surface area contributed by atoms with Crippen molar-refractivity contribution in [1.29, 1.82) is 0 Å². The van der Waals surface area contributed by atoms with Crippen molar-refractivity contribution in [2.24, 2.45) is 4.40 Å². The van der Waals surface area contributed by atoms with Gasteiger partial charge < -0.3 is 5.32 Å². The Balaban J connectivity index is 1.78. The van der Waals surface area contributed by atoms with Crippen LogP contribution in [0, 0.1) is 0 Å². The molecule has 1 aliphatic heterocycles. The molecule has 0 spiro atoms. The first-order chi connectivity index (χ1) is 14.3. The Kier molecular flexibility index (Phi) is 6.96. The summed E-state index contributed by atoms with van der Waals surface area (Å²) < 4.78 is 29.0. The summed E-state index contributed by atoms with van der Waals surface area (Å²) in [6.07, 6.45) is 1.34. The fourth-order valence-electron chi connectivity index (χ4n) is 2.67. The van der Waals surface area contributed by atoms with Crippen LogP contribution in [0.1, 0.15) is 6.42 Å². The maximum Gasteiger partial charge on any atom is 0.284 e. The van der Waals surface area contributed by atoms with Crippen molar-refractivity contribution in [3.8, 4) is 0 Å². The summed E-state index contributed by atoms with van der Waals surface area (Å²) in [7, 11) is -4.00. The zero-order valence-electron chi connectivity index (χ0n) is 15.7. The van der Waals surface area contributed by atoms with Crippen LogP contribution in [0.25, 0.3) is 0 Å². The summed E-state index contributed by atoms with van der Waals surface area (Å²) in [6, 6.07) is 14.3. The second-order valence-corrected chi connectivity index (χ2v) is 9.48. The van der Waals surface area contributed by atoms with Gasteiger partial charge in [0.05, 0.1) is 4.90 Å². The van der Waals surface area contributed by atoms with Gasteiger partial charge in [0.1, 0.15) is 5.25 Å². The van der Waals surface area contributed by atoms with Gasteiger partial charge in [-0.2, -0.15) is 8.42 Å². The van der Waals surface area contributed by atoms with E-state index < -0.39 is 21.2 Å². The molecule has 0 saturated carbocycles. The molecular formula is C20H18ClN3O4S2. The smallest absolute Gasteiger partial charge is 0.284 e. The number of amidine groups is 1. The van der Waals surface area contributed by atoms with E-state index in [0.29, 0.717) is 10.7 Å². The zero-order valence-corrected chi connectivity index (χ0v) is 18.1. The van der Waals surface area contributed by atoms with Crippen molar-refractivity contribution in [3.63, 3.8) is 0 Å². The fraction of sp³-hybridized carbons (Fsp3) is 0.150. The molecule has 10 heteroatoms. The highest BCUT2D eigenvalue weighted by atomic mass is 35.5. The molecule has 1 fully saturated rings. The summed E-state index contributed by atoms with van der Waals surface area (Å²) in [4.78, 5) is 26.4. The van der Waals surface area contributed by atoms with Gasteiger partial charge in [-0.1, -0.05) is 47.6 Å². The standard InChI is InChI=1S/C20H18ClN3O4S2/c1-2-12-24-19(26)17(13-18(25)22-15-10-8-14(21)9-11-15)29-20(24)23-30(27,28)16-6-4-3-5-7-16/h2-11,17H,1,12-13H2,(H,22,25). The molecule has 2 aromatic rings. The first kappa shape index (κ1) is 22.1. The lowest BCUT2D eigenvalue weighted by Crippen LogP contribution is -2.33. The van der Waals surface area contributed by atoms with E-state index in [1.807, 2.05) is 0 Å².